The van der Waals surface area contributed by atoms with Gasteiger partial charge in [-0.25, -0.2) is 12.8 Å². The highest BCUT2D eigenvalue weighted by Crippen LogP contribution is 2.35. The minimum Gasteiger partial charge on any atom is -0.399 e. The molecule has 1 aromatic carbocycles. The Bertz CT molecular complexity index is 561. The molecule has 1 aliphatic carbocycles. The number of rotatable bonds is 2. The standard InChI is InChI=1S/C14H20FNO2S/c1-9-5-10(2)7-12(6-9)19(17,18)14-4-3-11(16)8-13(14)15/h3-4,8-10,12H,5-7,16H2,1-2H3. The molecule has 0 aliphatic heterocycles. The Labute approximate surface area is 113 Å². The number of nitrogen functional groups attached to an aromatic ring is 1. The third kappa shape index (κ3) is 2.91. The van der Waals surface area contributed by atoms with Crippen LogP contribution in [0.4, 0.5) is 10.1 Å². The Balaban J connectivity index is 2.36. The number of sulfone groups is 1. The van der Waals surface area contributed by atoms with E-state index in [9.17, 15) is 12.8 Å². The summed E-state index contributed by atoms with van der Waals surface area (Å²) in [5.74, 6) is -0.0217. The zero-order chi connectivity index (χ0) is 14.2. The van der Waals surface area contributed by atoms with E-state index in [4.69, 9.17) is 5.73 Å². The second kappa shape index (κ2) is 5.12. The topological polar surface area (TPSA) is 60.2 Å². The second-order valence-electron chi connectivity index (χ2n) is 5.77. The lowest BCUT2D eigenvalue weighted by Crippen LogP contribution is -2.31. The van der Waals surface area contributed by atoms with Crippen LogP contribution in [-0.2, 0) is 9.84 Å². The van der Waals surface area contributed by atoms with Crippen LogP contribution in [0.5, 0.6) is 0 Å². The quantitative estimate of drug-likeness (QED) is 0.850. The largest absolute Gasteiger partial charge is 0.399 e. The lowest BCUT2D eigenvalue weighted by molar-refractivity contribution is 0.301. The summed E-state index contributed by atoms with van der Waals surface area (Å²) in [6, 6.07) is 3.79. The molecule has 2 atom stereocenters. The molecule has 0 heterocycles. The summed E-state index contributed by atoms with van der Waals surface area (Å²) in [6.45, 7) is 4.11. The summed E-state index contributed by atoms with van der Waals surface area (Å²) in [7, 11) is -3.61. The van der Waals surface area contributed by atoms with Gasteiger partial charge in [0, 0.05) is 5.69 Å². The van der Waals surface area contributed by atoms with E-state index >= 15 is 0 Å². The smallest absolute Gasteiger partial charge is 0.184 e. The molecule has 1 aliphatic rings. The number of hydrogen-bond donors (Lipinski definition) is 1. The van der Waals surface area contributed by atoms with Gasteiger partial charge in [-0.15, -0.1) is 0 Å². The number of anilines is 1. The first-order chi connectivity index (χ1) is 8.80. The van der Waals surface area contributed by atoms with Crippen LogP contribution < -0.4 is 5.73 Å². The van der Waals surface area contributed by atoms with Crippen molar-refractivity contribution < 1.29 is 12.8 Å². The minimum atomic E-state index is -3.61. The summed E-state index contributed by atoms with van der Waals surface area (Å²) in [4.78, 5) is -0.215. The summed E-state index contributed by atoms with van der Waals surface area (Å²) >= 11 is 0. The molecule has 19 heavy (non-hydrogen) atoms. The molecule has 0 amide bonds. The van der Waals surface area contributed by atoms with Crippen LogP contribution in [0, 0.1) is 17.7 Å². The molecule has 2 rings (SSSR count). The molecule has 0 radical (unpaired) electrons. The fourth-order valence-electron chi connectivity index (χ4n) is 3.05. The Morgan fingerprint density at radius 1 is 1.16 bits per heavy atom. The Kier molecular flexibility index (Phi) is 3.85. The van der Waals surface area contributed by atoms with Crippen molar-refractivity contribution in [3.63, 3.8) is 0 Å². The van der Waals surface area contributed by atoms with Crippen molar-refractivity contribution in [2.75, 3.05) is 5.73 Å². The molecule has 0 spiro atoms. The van der Waals surface area contributed by atoms with Crippen molar-refractivity contribution in [1.82, 2.24) is 0 Å². The molecule has 5 heteroatoms. The van der Waals surface area contributed by atoms with Gasteiger partial charge in [-0.2, -0.15) is 0 Å². The molecule has 3 nitrogen and oxygen atoms in total. The molecular formula is C14H20FNO2S. The maximum atomic E-state index is 13.8. The van der Waals surface area contributed by atoms with Crippen LogP contribution in [0.1, 0.15) is 33.1 Å². The SMILES string of the molecule is CC1CC(C)CC(S(=O)(=O)c2ccc(N)cc2F)C1. The molecule has 0 aromatic heterocycles. The number of benzene rings is 1. The highest BCUT2D eigenvalue weighted by Gasteiger charge is 2.35. The maximum Gasteiger partial charge on any atom is 0.184 e. The third-order valence-corrected chi connectivity index (χ3v) is 6.04. The highest BCUT2D eigenvalue weighted by atomic mass is 32.2. The normalized spacial score (nSPS) is 28.3. The van der Waals surface area contributed by atoms with Crippen LogP contribution in [-0.4, -0.2) is 13.7 Å². The lowest BCUT2D eigenvalue weighted by Gasteiger charge is -2.31. The fourth-order valence-corrected chi connectivity index (χ4v) is 5.17. The predicted octanol–water partition coefficient (Wildman–Crippen LogP) is 3.01. The van der Waals surface area contributed by atoms with E-state index in [1.165, 1.54) is 12.1 Å². The van der Waals surface area contributed by atoms with Gasteiger partial charge in [0.1, 0.15) is 10.7 Å². The van der Waals surface area contributed by atoms with Crippen LogP contribution in [0.2, 0.25) is 0 Å². The number of halogens is 1. The minimum absolute atomic E-state index is 0.215. The van der Waals surface area contributed by atoms with Gasteiger partial charge in [-0.3, -0.25) is 0 Å². The van der Waals surface area contributed by atoms with Crippen molar-refractivity contribution in [2.45, 2.75) is 43.3 Å². The first kappa shape index (κ1) is 14.3. The van der Waals surface area contributed by atoms with E-state index in [-0.39, 0.29) is 10.6 Å². The van der Waals surface area contributed by atoms with Crippen LogP contribution in [0.15, 0.2) is 23.1 Å². The van der Waals surface area contributed by atoms with Gasteiger partial charge in [-0.05, 0) is 49.3 Å². The first-order valence-electron chi connectivity index (χ1n) is 6.59. The Hall–Kier alpha value is -1.10. The lowest BCUT2D eigenvalue weighted by atomic mass is 9.83. The van der Waals surface area contributed by atoms with Crippen molar-refractivity contribution in [3.05, 3.63) is 24.0 Å². The molecule has 0 saturated heterocycles. The van der Waals surface area contributed by atoms with Gasteiger partial charge < -0.3 is 5.73 Å². The fraction of sp³-hybridized carbons (Fsp3) is 0.571. The molecule has 1 fully saturated rings. The van der Waals surface area contributed by atoms with Crippen molar-refractivity contribution >= 4 is 15.5 Å². The maximum absolute atomic E-state index is 13.8. The first-order valence-corrected chi connectivity index (χ1v) is 8.14. The van der Waals surface area contributed by atoms with Gasteiger partial charge in [0.05, 0.1) is 5.25 Å². The Morgan fingerprint density at radius 2 is 1.74 bits per heavy atom. The van der Waals surface area contributed by atoms with Crippen molar-refractivity contribution in [2.24, 2.45) is 11.8 Å². The van der Waals surface area contributed by atoms with E-state index in [0.29, 0.717) is 24.7 Å². The van der Waals surface area contributed by atoms with Gasteiger partial charge in [0.25, 0.3) is 0 Å². The monoisotopic (exact) mass is 285 g/mol. The van der Waals surface area contributed by atoms with E-state index in [1.54, 1.807) is 0 Å². The molecule has 2 unspecified atom stereocenters. The molecule has 1 aromatic rings. The van der Waals surface area contributed by atoms with Crippen LogP contribution in [0.25, 0.3) is 0 Å². The number of hydrogen-bond acceptors (Lipinski definition) is 3. The Morgan fingerprint density at radius 3 is 2.26 bits per heavy atom. The van der Waals surface area contributed by atoms with Crippen molar-refractivity contribution in [3.8, 4) is 0 Å². The molecule has 0 bridgehead atoms. The summed E-state index contributed by atoms with van der Waals surface area (Å²) < 4.78 is 38.9. The molecule has 1 saturated carbocycles. The zero-order valence-corrected chi connectivity index (χ0v) is 12.1. The van der Waals surface area contributed by atoms with Gasteiger partial charge in [0.2, 0.25) is 0 Å². The van der Waals surface area contributed by atoms with Gasteiger partial charge in [-0.1, -0.05) is 13.8 Å². The molecule has 106 valence electrons. The molecular weight excluding hydrogens is 265 g/mol. The number of nitrogens with two attached hydrogens (primary N) is 1. The van der Waals surface area contributed by atoms with Crippen LogP contribution in [0.3, 0.4) is 0 Å². The van der Waals surface area contributed by atoms with Crippen LogP contribution >= 0.6 is 0 Å². The predicted molar refractivity (Wildman–Crippen MR) is 74.0 cm³/mol. The average molecular weight is 285 g/mol. The van der Waals surface area contributed by atoms with E-state index in [0.717, 1.165) is 12.5 Å². The average Bonchev–Trinajstić information content (AvgIpc) is 2.26. The van der Waals surface area contributed by atoms with Gasteiger partial charge in [0.15, 0.2) is 9.84 Å². The highest BCUT2D eigenvalue weighted by molar-refractivity contribution is 7.92. The zero-order valence-electron chi connectivity index (χ0n) is 11.3. The van der Waals surface area contributed by atoms with E-state index in [2.05, 4.69) is 13.8 Å². The third-order valence-electron chi connectivity index (χ3n) is 3.84. The summed E-state index contributed by atoms with van der Waals surface area (Å²) in [5.41, 5.74) is 5.70. The van der Waals surface area contributed by atoms with E-state index < -0.39 is 20.9 Å². The van der Waals surface area contributed by atoms with E-state index in [1.807, 2.05) is 0 Å². The van der Waals surface area contributed by atoms with Gasteiger partial charge >= 0.3 is 0 Å². The molecule has 2 N–H and O–H groups in total. The second-order valence-corrected chi connectivity index (χ2v) is 7.97. The van der Waals surface area contributed by atoms with Crippen molar-refractivity contribution in [1.29, 1.82) is 0 Å². The summed E-state index contributed by atoms with van der Waals surface area (Å²) in [5, 5.41) is -0.482. The summed E-state index contributed by atoms with van der Waals surface area (Å²) in [6.07, 6.45) is 2.25.